The minimum absolute atomic E-state index is 0.000924. The smallest absolute Gasteiger partial charge is 0.326 e. The van der Waals surface area contributed by atoms with Crippen molar-refractivity contribution >= 4 is 68.6 Å². The van der Waals surface area contributed by atoms with E-state index in [1.807, 2.05) is 96.0 Å². The SMILES string of the molecule is CC[C@H](C)[C@@H]([C@@H](CC(=O)N1CCC[C@H]1[C@H](OC)[C@@H](C)C(=O)N[C@@H](Cc1ccccc1)C(=O)O)OC)N(C)C(=O)[C@@H](CC(=O)[C@H](C(C)C)N(C)CCc1ccc(N(C)C(=O)CCCCCN2C(=O)C=C(Cl)S2(=O)=O)cc1)C(C)C. The van der Waals surface area contributed by atoms with Gasteiger partial charge in [-0.3, -0.25) is 33.7 Å². The third-order valence-corrected chi connectivity index (χ3v) is 18.1. The number of carbonyl (C=O) groups is 7. The molecule has 0 unspecified atom stereocenters. The van der Waals surface area contributed by atoms with E-state index in [1.54, 1.807) is 47.9 Å². The zero-order valence-electron chi connectivity index (χ0n) is 48.0. The second-order valence-corrected chi connectivity index (χ2v) is 24.4. The molecule has 2 aliphatic rings. The van der Waals surface area contributed by atoms with Crippen LogP contribution in [0.15, 0.2) is 65.0 Å². The first-order chi connectivity index (χ1) is 36.8. The standard InChI is InChI=1S/C58H87ClN6O12S/c1-13-39(6)54(48(76-11)35-51(68)64-30-20-23-46(64)55(77-12)40(7)56(70)60-45(58(72)73)33-42-21-16-14-17-22-42)63(10)57(71)44(37(2)3)34-47(66)53(38(4)5)61(8)32-29-41-25-27-43(28-26-41)62(9)50(67)24-18-15-19-31-65-52(69)36-49(59)78(65,74)75/h14,16-17,21-22,25-28,36-40,44-46,48,53-55H,13,15,18-20,23-24,29-35H2,1-12H3,(H,60,70)(H,72,73)/t39-,40+,44-,45-,46-,48+,53-,54-,55+/m0/s1. The third kappa shape index (κ3) is 17.2. The normalized spacial score (nSPS) is 18.5. The van der Waals surface area contributed by atoms with Gasteiger partial charge >= 0.3 is 5.97 Å². The first-order valence-electron chi connectivity index (χ1n) is 27.5. The van der Waals surface area contributed by atoms with Gasteiger partial charge in [-0.15, -0.1) is 0 Å². The van der Waals surface area contributed by atoms with Crippen molar-refractivity contribution in [3.8, 4) is 0 Å². The van der Waals surface area contributed by atoms with E-state index in [-0.39, 0.29) is 73.5 Å². The largest absolute Gasteiger partial charge is 0.480 e. The van der Waals surface area contributed by atoms with Gasteiger partial charge in [0, 0.05) is 84.9 Å². The molecule has 20 heteroatoms. The molecule has 2 aliphatic heterocycles. The molecule has 2 N–H and O–H groups in total. The number of hydrogen-bond donors (Lipinski definition) is 2. The van der Waals surface area contributed by atoms with Crippen molar-refractivity contribution in [2.24, 2.45) is 29.6 Å². The Morgan fingerprint density at radius 1 is 0.859 bits per heavy atom. The van der Waals surface area contributed by atoms with E-state index < -0.39 is 80.4 Å². The van der Waals surface area contributed by atoms with Crippen LogP contribution in [0.3, 0.4) is 0 Å². The van der Waals surface area contributed by atoms with Crippen LogP contribution in [0.2, 0.25) is 0 Å². The predicted molar refractivity (Wildman–Crippen MR) is 302 cm³/mol. The number of carboxylic acids is 1. The maximum atomic E-state index is 14.8. The summed E-state index contributed by atoms with van der Waals surface area (Å²) in [7, 11) is 4.43. The fraction of sp³-hybridized carbons (Fsp3) is 0.638. The number of Topliss-reactive ketones (excluding diaryl/α,β-unsaturated/α-hetero) is 1. The van der Waals surface area contributed by atoms with E-state index >= 15 is 0 Å². The fourth-order valence-electron chi connectivity index (χ4n) is 11.0. The second-order valence-electron chi connectivity index (χ2n) is 21.9. The Kier molecular flexibility index (Phi) is 25.5. The van der Waals surface area contributed by atoms with E-state index in [0.29, 0.717) is 63.7 Å². The number of rotatable bonds is 32. The molecule has 2 heterocycles. The average Bonchev–Trinajstić information content (AvgIpc) is 3.96. The number of methoxy groups -OCH3 is 2. The number of carboxylic acid groups (broad SMARTS) is 1. The summed E-state index contributed by atoms with van der Waals surface area (Å²) in [6.07, 6.45) is 3.85. The van der Waals surface area contributed by atoms with Crippen LogP contribution in [-0.4, -0.2) is 165 Å². The molecular formula is C58H87ClN6O12S. The van der Waals surface area contributed by atoms with Crippen LogP contribution >= 0.6 is 11.6 Å². The number of ketones is 1. The van der Waals surface area contributed by atoms with Crippen molar-refractivity contribution in [3.63, 3.8) is 0 Å². The molecule has 0 spiro atoms. The number of carbonyl (C=O) groups excluding carboxylic acids is 6. The lowest BCUT2D eigenvalue weighted by Crippen LogP contribution is -2.55. The number of nitrogens with one attached hydrogen (secondary N) is 1. The lowest BCUT2D eigenvalue weighted by molar-refractivity contribution is -0.149. The quantitative estimate of drug-likeness (QED) is 0.0712. The Labute approximate surface area is 468 Å². The zero-order valence-corrected chi connectivity index (χ0v) is 49.6. The summed E-state index contributed by atoms with van der Waals surface area (Å²) in [6.45, 7) is 14.6. The van der Waals surface area contributed by atoms with Gasteiger partial charge in [0.05, 0.1) is 42.7 Å². The molecule has 18 nitrogen and oxygen atoms in total. The van der Waals surface area contributed by atoms with Crippen molar-refractivity contribution in [2.75, 3.05) is 59.9 Å². The molecule has 78 heavy (non-hydrogen) atoms. The maximum absolute atomic E-state index is 14.8. The number of nitrogens with zero attached hydrogens (tertiary/aromatic N) is 5. The summed E-state index contributed by atoms with van der Waals surface area (Å²) in [6, 6.07) is 14.1. The molecule has 0 aromatic heterocycles. The Balaban J connectivity index is 1.36. The van der Waals surface area contributed by atoms with Gasteiger partial charge in [0.1, 0.15) is 6.04 Å². The zero-order chi connectivity index (χ0) is 58.2. The predicted octanol–water partition coefficient (Wildman–Crippen LogP) is 6.92. The van der Waals surface area contributed by atoms with Crippen molar-refractivity contribution in [3.05, 3.63) is 76.2 Å². The number of anilines is 1. The summed E-state index contributed by atoms with van der Waals surface area (Å²) >= 11 is 5.68. The fourth-order valence-corrected chi connectivity index (χ4v) is 12.5. The van der Waals surface area contributed by atoms with E-state index in [2.05, 4.69) is 5.32 Å². The van der Waals surface area contributed by atoms with Crippen molar-refractivity contribution in [2.45, 2.75) is 155 Å². The van der Waals surface area contributed by atoms with Crippen molar-refractivity contribution < 1.29 is 56.6 Å². The molecule has 9 atom stereocenters. The number of likely N-dealkylation sites (N-methyl/N-ethyl adjacent to an activating group) is 2. The first kappa shape index (κ1) is 65.3. The van der Waals surface area contributed by atoms with Crippen LogP contribution in [0, 0.1) is 29.6 Å². The molecule has 2 aromatic rings. The number of benzene rings is 2. The average molecular weight is 1130 g/mol. The number of sulfonamides is 1. The van der Waals surface area contributed by atoms with Crippen LogP contribution < -0.4 is 10.2 Å². The van der Waals surface area contributed by atoms with Gasteiger partial charge in [0.15, 0.2) is 10.1 Å². The van der Waals surface area contributed by atoms with Crippen LogP contribution in [0.1, 0.15) is 117 Å². The molecule has 4 rings (SSSR count). The lowest BCUT2D eigenvalue weighted by Gasteiger charge is -2.41. The van der Waals surface area contributed by atoms with Gasteiger partial charge < -0.3 is 34.6 Å². The number of likely N-dealkylation sites (tertiary alicyclic amines) is 1. The molecule has 2 aromatic carbocycles. The summed E-state index contributed by atoms with van der Waals surface area (Å²) in [4.78, 5) is 102. The Morgan fingerprint density at radius 3 is 2.06 bits per heavy atom. The lowest BCUT2D eigenvalue weighted by atomic mass is 9.83. The number of ether oxygens (including phenoxy) is 2. The summed E-state index contributed by atoms with van der Waals surface area (Å²) in [5.41, 5.74) is 2.50. The highest BCUT2D eigenvalue weighted by Crippen LogP contribution is 2.32. The molecule has 0 aliphatic carbocycles. The maximum Gasteiger partial charge on any atom is 0.326 e. The first-order valence-corrected chi connectivity index (χ1v) is 29.3. The summed E-state index contributed by atoms with van der Waals surface area (Å²) in [5, 5.41) is 12.7. The molecule has 0 saturated carbocycles. The second kappa shape index (κ2) is 30.4. The molecule has 434 valence electrons. The van der Waals surface area contributed by atoms with Crippen molar-refractivity contribution in [1.29, 1.82) is 0 Å². The summed E-state index contributed by atoms with van der Waals surface area (Å²) < 4.78 is 36.7. The van der Waals surface area contributed by atoms with Gasteiger partial charge in [-0.25, -0.2) is 17.5 Å². The van der Waals surface area contributed by atoms with Gasteiger partial charge in [-0.1, -0.05) is 115 Å². The van der Waals surface area contributed by atoms with E-state index in [9.17, 15) is 47.1 Å². The van der Waals surface area contributed by atoms with Gasteiger partial charge in [0.2, 0.25) is 23.6 Å². The Hall–Kier alpha value is -5.21. The Bertz CT molecular complexity index is 2490. The third-order valence-electron chi connectivity index (χ3n) is 15.9. The topological polar surface area (TPSA) is 221 Å². The van der Waals surface area contributed by atoms with Crippen molar-refractivity contribution in [1.82, 2.24) is 24.3 Å². The van der Waals surface area contributed by atoms with Crippen LogP contribution in [0.4, 0.5) is 5.69 Å². The minimum atomic E-state index is -3.96. The number of aliphatic carboxylic acids is 1. The van der Waals surface area contributed by atoms with Gasteiger partial charge in [-0.2, -0.15) is 0 Å². The number of halogens is 1. The van der Waals surface area contributed by atoms with E-state index in [4.69, 9.17) is 21.1 Å². The number of amides is 5. The highest BCUT2D eigenvalue weighted by Gasteiger charge is 2.44. The minimum Gasteiger partial charge on any atom is -0.480 e. The highest BCUT2D eigenvalue weighted by atomic mass is 35.5. The van der Waals surface area contributed by atoms with Gasteiger partial charge in [-0.05, 0) is 80.2 Å². The van der Waals surface area contributed by atoms with Crippen LogP contribution in [-0.2, 0) is 65.9 Å². The molecule has 1 saturated heterocycles. The summed E-state index contributed by atoms with van der Waals surface area (Å²) in [5.74, 6) is -4.62. The monoisotopic (exact) mass is 1130 g/mol. The van der Waals surface area contributed by atoms with Crippen LogP contribution in [0.5, 0.6) is 0 Å². The number of hydrogen-bond acceptors (Lipinski definition) is 12. The van der Waals surface area contributed by atoms with E-state index in [1.165, 1.54) is 14.2 Å². The van der Waals surface area contributed by atoms with Crippen LogP contribution in [0.25, 0.3) is 0 Å². The van der Waals surface area contributed by atoms with Gasteiger partial charge in [0.25, 0.3) is 15.9 Å². The molecular weight excluding hydrogens is 1040 g/mol. The molecule has 5 amide bonds. The Morgan fingerprint density at radius 2 is 1.51 bits per heavy atom. The molecule has 0 bridgehead atoms. The molecule has 1 fully saturated rings. The highest BCUT2D eigenvalue weighted by molar-refractivity contribution is 7.95. The molecule has 0 radical (unpaired) electrons. The number of unbranched alkanes of at least 4 members (excludes halogenated alkanes) is 2. The van der Waals surface area contributed by atoms with E-state index in [0.717, 1.165) is 21.5 Å².